The maximum atomic E-state index is 13.2. The molecule has 0 aliphatic carbocycles. The second-order valence-electron chi connectivity index (χ2n) is 10.9. The molecule has 196 valence electrons. The van der Waals surface area contributed by atoms with E-state index >= 15 is 0 Å². The van der Waals surface area contributed by atoms with E-state index in [4.69, 9.17) is 13.9 Å². The molecule has 4 heterocycles. The van der Waals surface area contributed by atoms with E-state index in [1.54, 1.807) is 0 Å². The molecule has 0 saturated heterocycles. The summed E-state index contributed by atoms with van der Waals surface area (Å²) in [5.74, 6) is 3.27. The van der Waals surface area contributed by atoms with Crippen LogP contribution in [0.1, 0.15) is 0 Å². The number of ether oxygens (including phenoxy) is 2. The number of rotatable bonds is 2. The smallest absolute Gasteiger partial charge is 0.200 e. The van der Waals surface area contributed by atoms with Crippen molar-refractivity contribution >= 4 is 43.7 Å². The number of hydrogen-bond donors (Lipinski definition) is 0. The monoisotopic (exact) mass is 541 g/mol. The van der Waals surface area contributed by atoms with Crippen LogP contribution in [-0.2, 0) is 0 Å². The summed E-state index contributed by atoms with van der Waals surface area (Å²) in [6.07, 6.45) is 0. The molecule has 0 N–H and O–H groups in total. The lowest BCUT2D eigenvalue weighted by Gasteiger charge is -2.27. The number of aromatic nitrogens is 1. The van der Waals surface area contributed by atoms with E-state index in [9.17, 15) is 4.79 Å². The van der Waals surface area contributed by atoms with E-state index in [-0.39, 0.29) is 5.43 Å². The molecule has 2 aliphatic rings. The first-order valence-electron chi connectivity index (χ1n) is 13.9. The molecule has 2 aromatic heterocycles. The largest absolute Gasteiger partial charge is 0.456 e. The van der Waals surface area contributed by atoms with Gasteiger partial charge in [-0.05, 0) is 76.9 Å². The normalized spacial score (nSPS) is 12.8. The van der Waals surface area contributed by atoms with Gasteiger partial charge >= 0.3 is 0 Å². The van der Waals surface area contributed by atoms with Crippen molar-refractivity contribution < 1.29 is 13.9 Å². The Morgan fingerprint density at radius 1 is 0.452 bits per heavy atom. The van der Waals surface area contributed by atoms with E-state index in [2.05, 4.69) is 47.0 Å². The van der Waals surface area contributed by atoms with Crippen LogP contribution in [0, 0.1) is 0 Å². The van der Waals surface area contributed by atoms with Crippen molar-refractivity contribution in [1.82, 2.24) is 4.57 Å². The molecule has 5 nitrogen and oxygen atoms in total. The molecule has 8 aromatic rings. The van der Waals surface area contributed by atoms with Gasteiger partial charge < -0.3 is 13.9 Å². The minimum Gasteiger partial charge on any atom is -0.456 e. The number of benzene rings is 6. The van der Waals surface area contributed by atoms with Gasteiger partial charge in [0.15, 0.2) is 23.0 Å². The number of hydrogen-bond acceptors (Lipinski definition) is 4. The van der Waals surface area contributed by atoms with Crippen molar-refractivity contribution in [3.8, 4) is 50.9 Å². The maximum Gasteiger partial charge on any atom is 0.200 e. The molecule has 10 rings (SSSR count). The fraction of sp³-hybridized carbons (Fsp3) is 0. The first kappa shape index (κ1) is 21.9. The standard InChI is InChI=1S/C37H19NO4/c39-37-25-5-1-2-7-28(25)40-29-16-15-22(17-27(29)37)20-11-13-21(14-12-20)23-18-26-24-6-3-8-30-34(24)38-35(26)33(19-23)42-32-10-4-9-31(41-30)36(32)38/h1-19H. The van der Waals surface area contributed by atoms with E-state index in [1.807, 2.05) is 72.8 Å². The van der Waals surface area contributed by atoms with Crippen LogP contribution in [0.2, 0.25) is 0 Å². The van der Waals surface area contributed by atoms with Crippen molar-refractivity contribution in [1.29, 1.82) is 0 Å². The van der Waals surface area contributed by atoms with Crippen molar-refractivity contribution in [2.75, 3.05) is 0 Å². The molecule has 0 bridgehead atoms. The van der Waals surface area contributed by atoms with Gasteiger partial charge in [0.2, 0.25) is 5.43 Å². The second kappa shape index (κ2) is 7.68. The predicted molar refractivity (Wildman–Crippen MR) is 165 cm³/mol. The Morgan fingerprint density at radius 2 is 1.07 bits per heavy atom. The summed E-state index contributed by atoms with van der Waals surface area (Å²) in [4.78, 5) is 13.2. The zero-order chi connectivity index (χ0) is 27.5. The third-order valence-corrected chi connectivity index (χ3v) is 8.56. The third-order valence-electron chi connectivity index (χ3n) is 8.56. The number of para-hydroxylation sites is 3. The van der Waals surface area contributed by atoms with Crippen LogP contribution in [-0.4, -0.2) is 4.57 Å². The Labute approximate surface area is 238 Å². The Hall–Kier alpha value is -5.81. The molecule has 0 saturated carbocycles. The molecule has 0 atom stereocenters. The first-order valence-corrected chi connectivity index (χ1v) is 13.9. The maximum absolute atomic E-state index is 13.2. The van der Waals surface area contributed by atoms with Gasteiger partial charge in [0, 0.05) is 10.8 Å². The number of fused-ring (bicyclic) bond motifs is 3. The van der Waals surface area contributed by atoms with Crippen molar-refractivity contribution in [3.05, 3.63) is 125 Å². The average molecular weight is 542 g/mol. The predicted octanol–water partition coefficient (Wildman–Crippen LogP) is 9.59. The van der Waals surface area contributed by atoms with Crippen LogP contribution in [0.5, 0.6) is 23.0 Å². The van der Waals surface area contributed by atoms with Gasteiger partial charge in [0.25, 0.3) is 0 Å². The fourth-order valence-corrected chi connectivity index (χ4v) is 6.64. The van der Waals surface area contributed by atoms with Crippen LogP contribution in [0.25, 0.3) is 71.7 Å². The van der Waals surface area contributed by atoms with Crippen LogP contribution in [0.15, 0.2) is 124 Å². The Morgan fingerprint density at radius 3 is 1.93 bits per heavy atom. The van der Waals surface area contributed by atoms with Gasteiger partial charge in [-0.3, -0.25) is 9.36 Å². The van der Waals surface area contributed by atoms with Gasteiger partial charge in [-0.1, -0.05) is 60.7 Å². The lowest BCUT2D eigenvalue weighted by Crippen LogP contribution is -2.09. The van der Waals surface area contributed by atoms with Gasteiger partial charge in [0.1, 0.15) is 16.9 Å². The van der Waals surface area contributed by atoms with Crippen LogP contribution in [0.4, 0.5) is 0 Å². The van der Waals surface area contributed by atoms with Crippen LogP contribution in [0.3, 0.4) is 0 Å². The second-order valence-corrected chi connectivity index (χ2v) is 10.9. The highest BCUT2D eigenvalue weighted by molar-refractivity contribution is 6.16. The van der Waals surface area contributed by atoms with Crippen molar-refractivity contribution in [2.24, 2.45) is 0 Å². The summed E-state index contributed by atoms with van der Waals surface area (Å²) in [6.45, 7) is 0. The molecule has 0 spiro atoms. The van der Waals surface area contributed by atoms with Crippen LogP contribution >= 0.6 is 0 Å². The van der Waals surface area contributed by atoms with Gasteiger partial charge in [-0.15, -0.1) is 0 Å². The summed E-state index contributed by atoms with van der Waals surface area (Å²) in [7, 11) is 0. The number of nitrogens with zero attached hydrogens (tertiary/aromatic N) is 1. The molecule has 42 heavy (non-hydrogen) atoms. The Kier molecular flexibility index (Phi) is 4.01. The zero-order valence-electron chi connectivity index (χ0n) is 22.0. The van der Waals surface area contributed by atoms with Gasteiger partial charge in [-0.25, -0.2) is 0 Å². The molecule has 0 fully saturated rings. The lowest BCUT2D eigenvalue weighted by molar-refractivity contribution is 0.444. The average Bonchev–Trinajstić information content (AvgIpc) is 3.38. The molecule has 0 amide bonds. The lowest BCUT2D eigenvalue weighted by atomic mass is 9.97. The van der Waals surface area contributed by atoms with Crippen molar-refractivity contribution in [2.45, 2.75) is 0 Å². The molecule has 0 radical (unpaired) electrons. The minimum atomic E-state index is -0.0158. The fourth-order valence-electron chi connectivity index (χ4n) is 6.64. The molecular weight excluding hydrogens is 522 g/mol. The van der Waals surface area contributed by atoms with Crippen molar-refractivity contribution in [3.63, 3.8) is 0 Å². The topological polar surface area (TPSA) is 53.6 Å². The minimum absolute atomic E-state index is 0.0158. The Bertz CT molecular complexity index is 2540. The highest BCUT2D eigenvalue weighted by Crippen LogP contribution is 2.54. The Balaban J connectivity index is 1.12. The summed E-state index contributed by atoms with van der Waals surface area (Å²) in [5.41, 5.74) is 8.40. The van der Waals surface area contributed by atoms with E-state index in [0.717, 1.165) is 72.7 Å². The quantitative estimate of drug-likeness (QED) is 0.205. The van der Waals surface area contributed by atoms with E-state index in [1.165, 1.54) is 0 Å². The molecule has 0 unspecified atom stereocenters. The molecule has 2 aliphatic heterocycles. The SMILES string of the molecule is O=c1c2ccccc2oc2ccc(-c3ccc(-c4cc5c6c(c4)c4cccc7c4n6-c4c(cccc4O5)O7)cc3)cc12. The third kappa shape index (κ3) is 2.79. The molecule has 6 aromatic carbocycles. The highest BCUT2D eigenvalue weighted by atomic mass is 16.5. The first-order chi connectivity index (χ1) is 20.7. The summed E-state index contributed by atoms with van der Waals surface area (Å²) >= 11 is 0. The van der Waals surface area contributed by atoms with E-state index < -0.39 is 0 Å². The highest BCUT2D eigenvalue weighted by Gasteiger charge is 2.31. The van der Waals surface area contributed by atoms with Gasteiger partial charge in [-0.2, -0.15) is 0 Å². The summed E-state index contributed by atoms with van der Waals surface area (Å²) in [6, 6.07) is 38.1. The van der Waals surface area contributed by atoms with Crippen LogP contribution < -0.4 is 14.9 Å². The molecular formula is C37H19NO4. The zero-order valence-corrected chi connectivity index (χ0v) is 22.0. The molecule has 5 heteroatoms. The van der Waals surface area contributed by atoms with Gasteiger partial charge in [0.05, 0.1) is 21.8 Å². The summed E-state index contributed by atoms with van der Waals surface area (Å²) in [5, 5.41) is 3.43. The summed E-state index contributed by atoms with van der Waals surface area (Å²) < 4.78 is 21.1. The van der Waals surface area contributed by atoms with E-state index in [0.29, 0.717) is 21.9 Å².